The van der Waals surface area contributed by atoms with Gasteiger partial charge in [-0.15, -0.1) is 0 Å². The highest BCUT2D eigenvalue weighted by Gasteiger charge is 2.16. The number of fused-ring (bicyclic) bond motifs is 1. The highest BCUT2D eigenvalue weighted by Crippen LogP contribution is 2.33. The first-order valence-electron chi connectivity index (χ1n) is 8.64. The van der Waals surface area contributed by atoms with Crippen molar-refractivity contribution in [1.29, 1.82) is 0 Å². The van der Waals surface area contributed by atoms with Crippen molar-refractivity contribution in [2.75, 3.05) is 21.3 Å². The fourth-order valence-corrected chi connectivity index (χ4v) is 3.08. The summed E-state index contributed by atoms with van der Waals surface area (Å²) in [6.07, 6.45) is 0.0457. The highest BCUT2D eigenvalue weighted by molar-refractivity contribution is 5.91. The number of carbonyl (C=O) groups excluding carboxylic acids is 1. The molecule has 28 heavy (non-hydrogen) atoms. The standard InChI is InChI=1S/C21H21NO6/c1-26-15-10-18-17(19(11-15)27-2)12-16(13-4-6-14(23)7-5-13)21(25)22(18)9-8-20(24)28-3/h4-7,10-12,23H,8-9H2,1-3H3. The van der Waals surface area contributed by atoms with E-state index in [1.54, 1.807) is 37.4 Å². The van der Waals surface area contributed by atoms with Gasteiger partial charge in [0, 0.05) is 29.6 Å². The van der Waals surface area contributed by atoms with Gasteiger partial charge in [0.15, 0.2) is 0 Å². The van der Waals surface area contributed by atoms with Gasteiger partial charge in [-0.25, -0.2) is 0 Å². The van der Waals surface area contributed by atoms with Crippen LogP contribution in [0, 0.1) is 0 Å². The van der Waals surface area contributed by atoms with Gasteiger partial charge in [-0.2, -0.15) is 0 Å². The number of esters is 1. The molecule has 1 aromatic heterocycles. The van der Waals surface area contributed by atoms with E-state index < -0.39 is 5.97 Å². The minimum atomic E-state index is -0.412. The Morgan fingerprint density at radius 3 is 2.36 bits per heavy atom. The van der Waals surface area contributed by atoms with E-state index in [0.29, 0.717) is 33.5 Å². The number of phenolic OH excluding ortho intramolecular Hbond substituents is 1. The molecule has 0 saturated carbocycles. The summed E-state index contributed by atoms with van der Waals surface area (Å²) in [4.78, 5) is 24.9. The number of hydrogen-bond acceptors (Lipinski definition) is 6. The van der Waals surface area contributed by atoms with Crippen LogP contribution in [0.1, 0.15) is 6.42 Å². The Kier molecular flexibility index (Phi) is 5.54. The molecule has 1 N–H and O–H groups in total. The maximum Gasteiger partial charge on any atom is 0.307 e. The topological polar surface area (TPSA) is 87.0 Å². The second-order valence-corrected chi connectivity index (χ2v) is 6.15. The molecule has 0 amide bonds. The third-order valence-electron chi connectivity index (χ3n) is 4.55. The molecule has 146 valence electrons. The molecule has 3 rings (SSSR count). The maximum absolute atomic E-state index is 13.2. The Hall–Kier alpha value is -3.48. The lowest BCUT2D eigenvalue weighted by atomic mass is 10.0. The van der Waals surface area contributed by atoms with Crippen molar-refractivity contribution in [3.8, 4) is 28.4 Å². The summed E-state index contributed by atoms with van der Waals surface area (Å²) in [6.45, 7) is 0.143. The molecule has 0 radical (unpaired) electrons. The first-order chi connectivity index (χ1) is 13.5. The van der Waals surface area contributed by atoms with Crippen LogP contribution in [0.5, 0.6) is 17.2 Å². The summed E-state index contributed by atoms with van der Waals surface area (Å²) >= 11 is 0. The Morgan fingerprint density at radius 1 is 1.04 bits per heavy atom. The van der Waals surface area contributed by atoms with E-state index in [4.69, 9.17) is 14.2 Å². The van der Waals surface area contributed by atoms with Gasteiger partial charge in [-0.3, -0.25) is 9.59 Å². The zero-order valence-electron chi connectivity index (χ0n) is 15.9. The Morgan fingerprint density at radius 2 is 1.75 bits per heavy atom. The molecule has 7 nitrogen and oxygen atoms in total. The third-order valence-corrected chi connectivity index (χ3v) is 4.55. The molecular formula is C21H21NO6. The van der Waals surface area contributed by atoms with Crippen LogP contribution in [-0.4, -0.2) is 37.0 Å². The minimum absolute atomic E-state index is 0.0457. The molecule has 0 aliphatic rings. The second kappa shape index (κ2) is 8.04. The number of benzene rings is 2. The van der Waals surface area contributed by atoms with Crippen LogP contribution in [-0.2, 0) is 16.1 Å². The van der Waals surface area contributed by atoms with Crippen LogP contribution >= 0.6 is 0 Å². The monoisotopic (exact) mass is 383 g/mol. The Bertz CT molecular complexity index is 1070. The number of rotatable bonds is 6. The third kappa shape index (κ3) is 3.64. The summed E-state index contributed by atoms with van der Waals surface area (Å²) in [6, 6.07) is 11.6. The average molecular weight is 383 g/mol. The minimum Gasteiger partial charge on any atom is -0.508 e. The van der Waals surface area contributed by atoms with E-state index in [9.17, 15) is 14.7 Å². The first-order valence-corrected chi connectivity index (χ1v) is 8.64. The van der Waals surface area contributed by atoms with Gasteiger partial charge in [-0.05, 0) is 23.8 Å². The Balaban J connectivity index is 2.30. The molecule has 7 heteroatoms. The second-order valence-electron chi connectivity index (χ2n) is 6.15. The maximum atomic E-state index is 13.2. The van der Waals surface area contributed by atoms with Crippen molar-refractivity contribution in [2.45, 2.75) is 13.0 Å². The molecular weight excluding hydrogens is 362 g/mol. The average Bonchev–Trinajstić information content (AvgIpc) is 2.72. The van der Waals surface area contributed by atoms with E-state index in [1.807, 2.05) is 0 Å². The van der Waals surface area contributed by atoms with Gasteiger partial charge in [0.25, 0.3) is 5.56 Å². The molecule has 1 heterocycles. The van der Waals surface area contributed by atoms with Gasteiger partial charge < -0.3 is 23.9 Å². The zero-order chi connectivity index (χ0) is 20.3. The summed E-state index contributed by atoms with van der Waals surface area (Å²) in [5.41, 5.74) is 1.40. The van der Waals surface area contributed by atoms with Gasteiger partial charge in [0.1, 0.15) is 17.2 Å². The van der Waals surface area contributed by atoms with E-state index in [0.717, 1.165) is 0 Å². The summed E-state index contributed by atoms with van der Waals surface area (Å²) < 4.78 is 17.0. The first kappa shape index (κ1) is 19.3. The predicted octanol–water partition coefficient (Wildman–Crippen LogP) is 2.95. The van der Waals surface area contributed by atoms with Gasteiger partial charge in [-0.1, -0.05) is 12.1 Å². The fourth-order valence-electron chi connectivity index (χ4n) is 3.08. The van der Waals surface area contributed by atoms with Crippen molar-refractivity contribution < 1.29 is 24.1 Å². The van der Waals surface area contributed by atoms with Crippen LogP contribution < -0.4 is 15.0 Å². The predicted molar refractivity (Wildman–Crippen MR) is 105 cm³/mol. The number of nitrogens with zero attached hydrogens (tertiary/aromatic N) is 1. The quantitative estimate of drug-likeness (QED) is 0.659. The van der Waals surface area contributed by atoms with Crippen LogP contribution in [0.3, 0.4) is 0 Å². The fraction of sp³-hybridized carbons (Fsp3) is 0.238. The van der Waals surface area contributed by atoms with Crippen LogP contribution in [0.2, 0.25) is 0 Å². The lowest BCUT2D eigenvalue weighted by Gasteiger charge is -2.16. The molecule has 3 aromatic rings. The normalized spacial score (nSPS) is 10.7. The number of aryl methyl sites for hydroxylation is 1. The molecule has 0 atom stereocenters. The molecule has 0 aliphatic carbocycles. The lowest BCUT2D eigenvalue weighted by molar-refractivity contribution is -0.140. The molecule has 2 aromatic carbocycles. The van der Waals surface area contributed by atoms with Crippen molar-refractivity contribution in [1.82, 2.24) is 4.57 Å². The molecule has 0 saturated heterocycles. The molecule has 0 fully saturated rings. The highest BCUT2D eigenvalue weighted by atomic mass is 16.5. The number of aromatic nitrogens is 1. The van der Waals surface area contributed by atoms with Crippen molar-refractivity contribution in [2.24, 2.45) is 0 Å². The summed E-state index contributed by atoms with van der Waals surface area (Å²) in [5, 5.41) is 10.2. The van der Waals surface area contributed by atoms with E-state index in [2.05, 4.69) is 0 Å². The SMILES string of the molecule is COC(=O)CCn1c(=O)c(-c2ccc(O)cc2)cc2c(OC)cc(OC)cc21. The van der Waals surface area contributed by atoms with Gasteiger partial charge in [0.2, 0.25) is 0 Å². The van der Waals surface area contributed by atoms with Crippen LogP contribution in [0.15, 0.2) is 47.3 Å². The van der Waals surface area contributed by atoms with Crippen molar-refractivity contribution in [3.05, 3.63) is 52.8 Å². The van der Waals surface area contributed by atoms with Crippen molar-refractivity contribution in [3.63, 3.8) is 0 Å². The van der Waals surface area contributed by atoms with Gasteiger partial charge in [0.05, 0.1) is 33.3 Å². The van der Waals surface area contributed by atoms with Crippen LogP contribution in [0.25, 0.3) is 22.0 Å². The van der Waals surface area contributed by atoms with Crippen molar-refractivity contribution >= 4 is 16.9 Å². The van der Waals surface area contributed by atoms with Gasteiger partial charge >= 0.3 is 5.97 Å². The smallest absolute Gasteiger partial charge is 0.307 e. The number of phenols is 1. The number of methoxy groups -OCH3 is 3. The largest absolute Gasteiger partial charge is 0.508 e. The van der Waals surface area contributed by atoms with E-state index in [1.165, 1.54) is 30.9 Å². The number of ether oxygens (including phenoxy) is 3. The van der Waals surface area contributed by atoms with E-state index in [-0.39, 0.29) is 24.3 Å². The van der Waals surface area contributed by atoms with E-state index >= 15 is 0 Å². The zero-order valence-corrected chi connectivity index (χ0v) is 15.9. The number of pyridine rings is 1. The molecule has 0 bridgehead atoms. The molecule has 0 aliphatic heterocycles. The van der Waals surface area contributed by atoms with Crippen LogP contribution in [0.4, 0.5) is 0 Å². The number of hydrogen-bond donors (Lipinski definition) is 1. The summed E-state index contributed by atoms with van der Waals surface area (Å²) in [5.74, 6) is 0.775. The molecule has 0 unspecified atom stereocenters. The molecule has 0 spiro atoms. The lowest BCUT2D eigenvalue weighted by Crippen LogP contribution is -2.24. The number of aromatic hydroxyl groups is 1. The Labute approximate surface area is 161 Å². The number of carbonyl (C=O) groups is 1. The summed E-state index contributed by atoms with van der Waals surface area (Å²) in [7, 11) is 4.38.